The number of anilines is 3. The summed E-state index contributed by atoms with van der Waals surface area (Å²) < 4.78 is 13.8. The standard InChI is InChI=1S/C16H19FN2/c1-10(2)12-8-7-11(3)15(9-12)19-16-13(17)5-4-6-14(16)18/h4-10,19H,18H2,1-3H3. The molecule has 0 radical (unpaired) electrons. The molecule has 2 rings (SSSR count). The van der Waals surface area contributed by atoms with Gasteiger partial charge < -0.3 is 11.1 Å². The molecule has 3 N–H and O–H groups in total. The summed E-state index contributed by atoms with van der Waals surface area (Å²) in [6.45, 7) is 6.25. The number of rotatable bonds is 3. The van der Waals surface area contributed by atoms with Gasteiger partial charge >= 0.3 is 0 Å². The van der Waals surface area contributed by atoms with Crippen molar-refractivity contribution >= 4 is 17.1 Å². The molecule has 0 aromatic heterocycles. The molecular weight excluding hydrogens is 239 g/mol. The molecule has 2 nitrogen and oxygen atoms in total. The molecule has 2 aromatic rings. The molecule has 0 bridgehead atoms. The molecule has 0 saturated heterocycles. The minimum atomic E-state index is -0.339. The molecule has 0 fully saturated rings. The fourth-order valence-corrected chi connectivity index (χ4v) is 1.94. The molecule has 19 heavy (non-hydrogen) atoms. The van der Waals surface area contributed by atoms with Gasteiger partial charge in [-0.2, -0.15) is 0 Å². The van der Waals surface area contributed by atoms with Crippen LogP contribution < -0.4 is 11.1 Å². The Hall–Kier alpha value is -2.03. The minimum absolute atomic E-state index is 0.339. The lowest BCUT2D eigenvalue weighted by Gasteiger charge is -2.15. The third-order valence-electron chi connectivity index (χ3n) is 3.23. The van der Waals surface area contributed by atoms with Crippen molar-refractivity contribution in [2.24, 2.45) is 0 Å². The number of nitrogens with one attached hydrogen (secondary N) is 1. The van der Waals surface area contributed by atoms with Crippen LogP contribution in [-0.4, -0.2) is 0 Å². The van der Waals surface area contributed by atoms with Crippen molar-refractivity contribution in [3.8, 4) is 0 Å². The zero-order valence-corrected chi connectivity index (χ0v) is 11.5. The minimum Gasteiger partial charge on any atom is -0.397 e. The van der Waals surface area contributed by atoms with Gasteiger partial charge in [0.05, 0.1) is 11.4 Å². The molecular formula is C16H19FN2. The van der Waals surface area contributed by atoms with Crippen molar-refractivity contribution in [2.45, 2.75) is 26.7 Å². The van der Waals surface area contributed by atoms with Gasteiger partial charge in [0.25, 0.3) is 0 Å². The number of hydrogen-bond acceptors (Lipinski definition) is 2. The lowest BCUT2D eigenvalue weighted by molar-refractivity contribution is 0.632. The maximum Gasteiger partial charge on any atom is 0.148 e. The van der Waals surface area contributed by atoms with Crippen molar-refractivity contribution < 1.29 is 4.39 Å². The maximum absolute atomic E-state index is 13.8. The first-order chi connectivity index (χ1) is 8.99. The zero-order chi connectivity index (χ0) is 14.0. The third kappa shape index (κ3) is 2.87. The molecule has 2 aromatic carbocycles. The third-order valence-corrected chi connectivity index (χ3v) is 3.23. The molecule has 3 heteroatoms. The first-order valence-electron chi connectivity index (χ1n) is 6.40. The Morgan fingerprint density at radius 2 is 1.89 bits per heavy atom. The summed E-state index contributed by atoms with van der Waals surface area (Å²) in [6, 6.07) is 10.9. The van der Waals surface area contributed by atoms with Crippen LogP contribution in [0.1, 0.15) is 30.9 Å². The summed E-state index contributed by atoms with van der Waals surface area (Å²) in [4.78, 5) is 0. The highest BCUT2D eigenvalue weighted by Crippen LogP contribution is 2.29. The van der Waals surface area contributed by atoms with E-state index in [0.29, 0.717) is 17.3 Å². The van der Waals surface area contributed by atoms with Gasteiger partial charge in [-0.25, -0.2) is 4.39 Å². The maximum atomic E-state index is 13.8. The normalized spacial score (nSPS) is 10.8. The molecule has 0 aliphatic carbocycles. The van der Waals surface area contributed by atoms with E-state index in [-0.39, 0.29) is 5.82 Å². The highest BCUT2D eigenvalue weighted by atomic mass is 19.1. The molecule has 100 valence electrons. The smallest absolute Gasteiger partial charge is 0.148 e. The van der Waals surface area contributed by atoms with E-state index in [1.807, 2.05) is 19.1 Å². The quantitative estimate of drug-likeness (QED) is 0.791. The average molecular weight is 258 g/mol. The SMILES string of the molecule is Cc1ccc(C(C)C)cc1Nc1c(N)cccc1F. The molecule has 0 saturated carbocycles. The van der Waals surface area contributed by atoms with Gasteiger partial charge in [0.1, 0.15) is 5.82 Å². The van der Waals surface area contributed by atoms with E-state index >= 15 is 0 Å². The summed E-state index contributed by atoms with van der Waals surface area (Å²) in [7, 11) is 0. The predicted molar refractivity (Wildman–Crippen MR) is 79.4 cm³/mol. The van der Waals surface area contributed by atoms with E-state index in [1.165, 1.54) is 11.6 Å². The Morgan fingerprint density at radius 1 is 1.16 bits per heavy atom. The monoisotopic (exact) mass is 258 g/mol. The Labute approximate surface area is 113 Å². The van der Waals surface area contributed by atoms with Crippen LogP contribution in [0.4, 0.5) is 21.5 Å². The largest absolute Gasteiger partial charge is 0.397 e. The second kappa shape index (κ2) is 5.31. The van der Waals surface area contributed by atoms with E-state index in [1.54, 1.807) is 12.1 Å². The highest BCUT2D eigenvalue weighted by Gasteiger charge is 2.09. The Balaban J connectivity index is 2.40. The lowest BCUT2D eigenvalue weighted by Crippen LogP contribution is -2.01. The number of benzene rings is 2. The van der Waals surface area contributed by atoms with E-state index in [4.69, 9.17) is 5.73 Å². The Kier molecular flexibility index (Phi) is 3.74. The van der Waals surface area contributed by atoms with Crippen molar-refractivity contribution in [3.05, 3.63) is 53.3 Å². The first-order valence-corrected chi connectivity index (χ1v) is 6.40. The van der Waals surface area contributed by atoms with Gasteiger partial charge in [-0.05, 0) is 42.2 Å². The summed E-state index contributed by atoms with van der Waals surface area (Å²) in [6.07, 6.45) is 0. The van der Waals surface area contributed by atoms with Gasteiger partial charge in [-0.1, -0.05) is 32.0 Å². The summed E-state index contributed by atoms with van der Waals surface area (Å²) >= 11 is 0. The molecule has 0 spiro atoms. The number of hydrogen-bond donors (Lipinski definition) is 2. The Bertz CT molecular complexity index is 571. The number of nitrogen functional groups attached to an aromatic ring is 1. The number of halogens is 1. The zero-order valence-electron chi connectivity index (χ0n) is 11.5. The topological polar surface area (TPSA) is 38.0 Å². The molecule has 0 aliphatic heterocycles. The number of nitrogens with two attached hydrogens (primary N) is 1. The molecule has 0 aliphatic rings. The van der Waals surface area contributed by atoms with Crippen LogP contribution >= 0.6 is 0 Å². The predicted octanol–water partition coefficient (Wildman–Crippen LogP) is 4.58. The second-order valence-electron chi connectivity index (χ2n) is 5.06. The van der Waals surface area contributed by atoms with Crippen LogP contribution in [-0.2, 0) is 0 Å². The van der Waals surface area contributed by atoms with Crippen molar-refractivity contribution in [2.75, 3.05) is 11.1 Å². The van der Waals surface area contributed by atoms with Crippen LogP contribution in [0.3, 0.4) is 0 Å². The van der Waals surface area contributed by atoms with Crippen LogP contribution in [0.2, 0.25) is 0 Å². The van der Waals surface area contributed by atoms with Crippen molar-refractivity contribution in [1.29, 1.82) is 0 Å². The van der Waals surface area contributed by atoms with Crippen LogP contribution in [0, 0.1) is 12.7 Å². The van der Waals surface area contributed by atoms with Crippen LogP contribution in [0.15, 0.2) is 36.4 Å². The fraction of sp³-hybridized carbons (Fsp3) is 0.250. The first kappa shape index (κ1) is 13.4. The van der Waals surface area contributed by atoms with E-state index in [0.717, 1.165) is 11.3 Å². The number of aryl methyl sites for hydroxylation is 1. The van der Waals surface area contributed by atoms with E-state index < -0.39 is 0 Å². The number of para-hydroxylation sites is 1. The van der Waals surface area contributed by atoms with Gasteiger partial charge in [-0.15, -0.1) is 0 Å². The van der Waals surface area contributed by atoms with E-state index in [2.05, 4.69) is 25.2 Å². The van der Waals surface area contributed by atoms with E-state index in [9.17, 15) is 4.39 Å². The van der Waals surface area contributed by atoms with Crippen molar-refractivity contribution in [3.63, 3.8) is 0 Å². The summed E-state index contributed by atoms with van der Waals surface area (Å²) in [5.74, 6) is 0.0912. The van der Waals surface area contributed by atoms with Gasteiger partial charge in [0.2, 0.25) is 0 Å². The van der Waals surface area contributed by atoms with Crippen LogP contribution in [0.25, 0.3) is 0 Å². The fourth-order valence-electron chi connectivity index (χ4n) is 1.94. The van der Waals surface area contributed by atoms with Crippen LogP contribution in [0.5, 0.6) is 0 Å². The second-order valence-corrected chi connectivity index (χ2v) is 5.06. The van der Waals surface area contributed by atoms with Gasteiger partial charge in [0, 0.05) is 5.69 Å². The Morgan fingerprint density at radius 3 is 2.53 bits per heavy atom. The summed E-state index contributed by atoms with van der Waals surface area (Å²) in [5.41, 5.74) is 9.73. The molecule has 0 heterocycles. The highest BCUT2D eigenvalue weighted by molar-refractivity contribution is 5.74. The lowest BCUT2D eigenvalue weighted by atomic mass is 10.0. The average Bonchev–Trinajstić information content (AvgIpc) is 2.35. The molecule has 0 amide bonds. The summed E-state index contributed by atoms with van der Waals surface area (Å²) in [5, 5.41) is 3.10. The molecule has 0 atom stereocenters. The molecule has 0 unspecified atom stereocenters. The van der Waals surface area contributed by atoms with Gasteiger partial charge in [-0.3, -0.25) is 0 Å². The van der Waals surface area contributed by atoms with Gasteiger partial charge in [0.15, 0.2) is 0 Å². The van der Waals surface area contributed by atoms with Crippen molar-refractivity contribution in [1.82, 2.24) is 0 Å².